The van der Waals surface area contributed by atoms with Gasteiger partial charge in [-0.2, -0.15) is 0 Å². The van der Waals surface area contributed by atoms with Crippen molar-refractivity contribution >= 4 is 23.5 Å². The van der Waals surface area contributed by atoms with Crippen molar-refractivity contribution in [1.82, 2.24) is 14.9 Å². The van der Waals surface area contributed by atoms with Gasteiger partial charge < -0.3 is 14.7 Å². The van der Waals surface area contributed by atoms with Crippen molar-refractivity contribution in [2.24, 2.45) is 0 Å². The molecule has 2 aromatic heterocycles. The molecule has 4 rings (SSSR count). The fourth-order valence-electron chi connectivity index (χ4n) is 3.44. The van der Waals surface area contributed by atoms with Gasteiger partial charge in [0.15, 0.2) is 0 Å². The number of carboxylic acid groups (broad SMARTS) is 1. The van der Waals surface area contributed by atoms with Crippen LogP contribution >= 0.6 is 11.6 Å². The average molecular weight is 436 g/mol. The topological polar surface area (TPSA) is 92.6 Å². The van der Waals surface area contributed by atoms with Gasteiger partial charge in [-0.05, 0) is 30.3 Å². The quantitative estimate of drug-likeness (QED) is 0.483. The predicted molar refractivity (Wildman–Crippen MR) is 116 cm³/mol. The number of fused-ring (bicyclic) bond motifs is 2. The molecule has 156 valence electrons. The molecule has 0 saturated carbocycles. The number of benzene rings is 1. The minimum atomic E-state index is -1.12. The van der Waals surface area contributed by atoms with Crippen LogP contribution in [0.1, 0.15) is 27.4 Å². The van der Waals surface area contributed by atoms with Crippen molar-refractivity contribution in [1.29, 1.82) is 0 Å². The molecule has 3 heterocycles. The maximum Gasteiger partial charge on any atom is 0.331 e. The maximum absolute atomic E-state index is 12.1. The molecular weight excluding hydrogens is 418 g/mol. The van der Waals surface area contributed by atoms with E-state index in [0.29, 0.717) is 22.4 Å². The number of hydrogen-bond donors (Lipinski definition) is 1. The van der Waals surface area contributed by atoms with E-state index < -0.39 is 11.9 Å². The molecule has 1 amide bonds. The molecule has 0 fully saturated rings. The second-order valence-corrected chi connectivity index (χ2v) is 7.65. The summed E-state index contributed by atoms with van der Waals surface area (Å²) in [6.45, 7) is 3.74. The van der Waals surface area contributed by atoms with Crippen LogP contribution in [0.25, 0.3) is 11.3 Å². The lowest BCUT2D eigenvalue weighted by molar-refractivity contribution is -0.132. The van der Waals surface area contributed by atoms with Crippen molar-refractivity contribution in [3.63, 3.8) is 0 Å². The van der Waals surface area contributed by atoms with Crippen molar-refractivity contribution in [3.05, 3.63) is 82.5 Å². The largest absolute Gasteiger partial charge is 0.478 e. The molecule has 1 aromatic carbocycles. The zero-order valence-corrected chi connectivity index (χ0v) is 17.6. The second kappa shape index (κ2) is 7.85. The number of rotatable bonds is 4. The van der Waals surface area contributed by atoms with Gasteiger partial charge in [-0.1, -0.05) is 36.4 Å². The SMILES string of the molecule is C=C(C(=O)O)C1c2ccc(Cl)nc2Oc2nc(-c3ccc(C(=O)N(C)C)cc3)ccc21. The van der Waals surface area contributed by atoms with Crippen LogP contribution in [-0.4, -0.2) is 45.9 Å². The highest BCUT2D eigenvalue weighted by molar-refractivity contribution is 6.29. The average Bonchev–Trinajstić information content (AvgIpc) is 2.76. The molecule has 1 atom stereocenters. The van der Waals surface area contributed by atoms with E-state index in [9.17, 15) is 14.7 Å². The van der Waals surface area contributed by atoms with E-state index in [4.69, 9.17) is 16.3 Å². The lowest BCUT2D eigenvalue weighted by Gasteiger charge is -2.27. The lowest BCUT2D eigenvalue weighted by Crippen LogP contribution is -2.21. The molecule has 0 bridgehead atoms. The molecule has 1 unspecified atom stereocenters. The predicted octanol–water partition coefficient (Wildman–Crippen LogP) is 4.38. The summed E-state index contributed by atoms with van der Waals surface area (Å²) >= 11 is 6.00. The summed E-state index contributed by atoms with van der Waals surface area (Å²) in [5, 5.41) is 9.77. The molecule has 31 heavy (non-hydrogen) atoms. The Morgan fingerprint density at radius 2 is 1.61 bits per heavy atom. The Morgan fingerprint density at radius 3 is 2.23 bits per heavy atom. The Labute approximate surface area is 183 Å². The summed E-state index contributed by atoms with van der Waals surface area (Å²) in [6, 6.07) is 13.9. The zero-order valence-electron chi connectivity index (χ0n) is 16.8. The van der Waals surface area contributed by atoms with Crippen LogP contribution in [0.15, 0.2) is 60.7 Å². The fraction of sp³-hybridized carbons (Fsp3) is 0.130. The van der Waals surface area contributed by atoms with Gasteiger partial charge in [-0.25, -0.2) is 14.8 Å². The zero-order chi connectivity index (χ0) is 22.3. The van der Waals surface area contributed by atoms with Gasteiger partial charge in [0.05, 0.1) is 11.6 Å². The van der Waals surface area contributed by atoms with Gasteiger partial charge in [0.25, 0.3) is 5.91 Å². The Bertz CT molecular complexity index is 1220. The standard InChI is InChI=1S/C23H18ClN3O4/c1-12(23(29)30)19-15-8-10-17(13-4-6-14(7-5-13)22(28)27(2)3)25-20(15)31-21-16(19)9-11-18(24)26-21/h4-11,19H,1H2,2-3H3,(H,29,30). The van der Waals surface area contributed by atoms with E-state index in [0.717, 1.165) is 5.56 Å². The highest BCUT2D eigenvalue weighted by Gasteiger charge is 2.34. The van der Waals surface area contributed by atoms with Gasteiger partial charge in [-0.3, -0.25) is 4.79 Å². The van der Waals surface area contributed by atoms with Crippen LogP contribution in [0.2, 0.25) is 5.15 Å². The summed E-state index contributed by atoms with van der Waals surface area (Å²) in [4.78, 5) is 34.0. The highest BCUT2D eigenvalue weighted by Crippen LogP contribution is 2.46. The molecule has 3 aromatic rings. The number of nitrogens with zero attached hydrogens (tertiary/aromatic N) is 3. The van der Waals surface area contributed by atoms with Gasteiger partial charge >= 0.3 is 5.97 Å². The molecule has 0 saturated heterocycles. The van der Waals surface area contributed by atoms with E-state index in [1.165, 1.54) is 4.90 Å². The fourth-order valence-corrected chi connectivity index (χ4v) is 3.58. The third kappa shape index (κ3) is 3.75. The van der Waals surface area contributed by atoms with Gasteiger partial charge in [0.1, 0.15) is 5.15 Å². The normalized spacial score (nSPS) is 14.1. The Hall–Kier alpha value is -3.71. The smallest absolute Gasteiger partial charge is 0.331 e. The van der Waals surface area contributed by atoms with E-state index in [1.807, 2.05) is 0 Å². The van der Waals surface area contributed by atoms with Gasteiger partial charge in [-0.15, -0.1) is 0 Å². The van der Waals surface area contributed by atoms with Crippen molar-refractivity contribution < 1.29 is 19.4 Å². The molecule has 1 aliphatic rings. The van der Waals surface area contributed by atoms with Crippen LogP contribution < -0.4 is 4.74 Å². The molecule has 8 heteroatoms. The van der Waals surface area contributed by atoms with E-state index >= 15 is 0 Å². The lowest BCUT2D eigenvalue weighted by atomic mass is 9.85. The Morgan fingerprint density at radius 1 is 1.00 bits per heavy atom. The molecule has 7 nitrogen and oxygen atoms in total. The second-order valence-electron chi connectivity index (χ2n) is 7.26. The number of aliphatic carboxylic acids is 1. The highest BCUT2D eigenvalue weighted by atomic mass is 35.5. The molecule has 1 N–H and O–H groups in total. The van der Waals surface area contributed by atoms with Crippen molar-refractivity contribution in [3.8, 4) is 23.0 Å². The van der Waals surface area contributed by atoms with E-state index in [1.54, 1.807) is 62.6 Å². The monoisotopic (exact) mass is 435 g/mol. The number of pyridine rings is 2. The third-order valence-electron chi connectivity index (χ3n) is 5.02. The van der Waals surface area contributed by atoms with Crippen LogP contribution in [0.4, 0.5) is 0 Å². The number of aromatic nitrogens is 2. The van der Waals surface area contributed by atoms with Crippen molar-refractivity contribution in [2.75, 3.05) is 14.1 Å². The molecule has 0 aliphatic carbocycles. The minimum absolute atomic E-state index is 0.0176. The summed E-state index contributed by atoms with van der Waals surface area (Å²) in [7, 11) is 3.39. The first kappa shape index (κ1) is 20.6. The van der Waals surface area contributed by atoms with Gasteiger partial charge in [0.2, 0.25) is 11.8 Å². The number of halogens is 1. The van der Waals surface area contributed by atoms with Crippen LogP contribution in [0.5, 0.6) is 11.8 Å². The molecular formula is C23H18ClN3O4. The van der Waals surface area contributed by atoms with E-state index in [2.05, 4.69) is 16.5 Å². The third-order valence-corrected chi connectivity index (χ3v) is 5.23. The maximum atomic E-state index is 12.1. The number of carboxylic acids is 1. The molecule has 0 spiro atoms. The first-order valence-corrected chi connectivity index (χ1v) is 9.73. The number of amides is 1. The summed E-state index contributed by atoms with van der Waals surface area (Å²) in [5.41, 5.74) is 3.06. The summed E-state index contributed by atoms with van der Waals surface area (Å²) < 4.78 is 5.87. The Kier molecular flexibility index (Phi) is 5.20. The Balaban J connectivity index is 1.76. The molecule has 0 radical (unpaired) electrons. The first-order chi connectivity index (χ1) is 14.8. The number of hydrogen-bond acceptors (Lipinski definition) is 5. The first-order valence-electron chi connectivity index (χ1n) is 9.35. The number of carbonyl (C=O) groups is 2. The van der Waals surface area contributed by atoms with Gasteiger partial charge in [0, 0.05) is 41.9 Å². The van der Waals surface area contributed by atoms with Crippen LogP contribution in [0, 0.1) is 0 Å². The minimum Gasteiger partial charge on any atom is -0.478 e. The molecule has 1 aliphatic heterocycles. The summed E-state index contributed by atoms with van der Waals surface area (Å²) in [6.07, 6.45) is 0. The number of ether oxygens (including phenoxy) is 1. The van der Waals surface area contributed by atoms with Crippen molar-refractivity contribution in [2.45, 2.75) is 5.92 Å². The van der Waals surface area contributed by atoms with Crippen LogP contribution in [0.3, 0.4) is 0 Å². The summed E-state index contributed by atoms with van der Waals surface area (Å²) in [5.74, 6) is -1.45. The van der Waals surface area contributed by atoms with Crippen LogP contribution in [-0.2, 0) is 4.79 Å². The number of carbonyl (C=O) groups excluding carboxylic acids is 1. The van der Waals surface area contributed by atoms with E-state index in [-0.39, 0.29) is 28.4 Å².